The van der Waals surface area contributed by atoms with Crippen LogP contribution in [0.2, 0.25) is 5.15 Å². The van der Waals surface area contributed by atoms with Gasteiger partial charge in [-0.05, 0) is 6.42 Å². The highest BCUT2D eigenvalue weighted by molar-refractivity contribution is 6.33. The van der Waals surface area contributed by atoms with Crippen LogP contribution in [0.25, 0.3) is 11.2 Å². The SMILES string of the molecule is CCCCCCCCCCCCCCCCCCn1cnc2c(Cl)ncnc21. The van der Waals surface area contributed by atoms with Crippen molar-refractivity contribution in [3.05, 3.63) is 17.8 Å². The van der Waals surface area contributed by atoms with Gasteiger partial charge in [0.15, 0.2) is 10.8 Å². The predicted molar refractivity (Wildman–Crippen MR) is 120 cm³/mol. The lowest BCUT2D eigenvalue weighted by Crippen LogP contribution is -1.98. The van der Waals surface area contributed by atoms with E-state index in [0.717, 1.165) is 12.2 Å². The van der Waals surface area contributed by atoms with Crippen LogP contribution in [-0.4, -0.2) is 19.5 Å². The number of rotatable bonds is 17. The number of hydrogen-bond acceptors (Lipinski definition) is 3. The van der Waals surface area contributed by atoms with Gasteiger partial charge in [0.2, 0.25) is 0 Å². The third-order valence-corrected chi connectivity index (χ3v) is 5.89. The van der Waals surface area contributed by atoms with Gasteiger partial charge in [0.1, 0.15) is 11.8 Å². The smallest absolute Gasteiger partial charge is 0.164 e. The summed E-state index contributed by atoms with van der Waals surface area (Å²) in [5.74, 6) is 0. The summed E-state index contributed by atoms with van der Waals surface area (Å²) in [7, 11) is 0. The minimum absolute atomic E-state index is 0.440. The molecule has 2 aromatic rings. The Balaban J connectivity index is 1.37. The molecule has 5 heteroatoms. The van der Waals surface area contributed by atoms with E-state index in [9.17, 15) is 0 Å². The van der Waals surface area contributed by atoms with Gasteiger partial charge in [0.25, 0.3) is 0 Å². The van der Waals surface area contributed by atoms with Gasteiger partial charge in [0.05, 0.1) is 6.33 Å². The van der Waals surface area contributed by atoms with Crippen molar-refractivity contribution in [2.45, 2.75) is 116 Å². The van der Waals surface area contributed by atoms with Crippen molar-refractivity contribution in [2.24, 2.45) is 0 Å². The van der Waals surface area contributed by atoms with Gasteiger partial charge in [-0.2, -0.15) is 0 Å². The van der Waals surface area contributed by atoms with E-state index < -0.39 is 0 Å². The fraction of sp³-hybridized carbons (Fsp3) is 0.783. The molecule has 0 saturated heterocycles. The largest absolute Gasteiger partial charge is 0.315 e. The Kier molecular flexibility index (Phi) is 12.2. The Morgan fingerprint density at radius 1 is 0.679 bits per heavy atom. The number of halogens is 1. The van der Waals surface area contributed by atoms with E-state index in [-0.39, 0.29) is 0 Å². The number of unbranched alkanes of at least 4 members (excludes halogenated alkanes) is 15. The predicted octanol–water partition coefficient (Wildman–Crippen LogP) is 7.74. The summed E-state index contributed by atoms with van der Waals surface area (Å²) in [6.45, 7) is 3.25. The number of fused-ring (bicyclic) bond motifs is 1. The lowest BCUT2D eigenvalue weighted by atomic mass is 10.0. The molecule has 0 aromatic carbocycles. The molecule has 2 aromatic heterocycles. The number of aryl methyl sites for hydroxylation is 1. The van der Waals surface area contributed by atoms with Gasteiger partial charge in [-0.25, -0.2) is 15.0 Å². The van der Waals surface area contributed by atoms with Crippen LogP contribution in [0.4, 0.5) is 0 Å². The first-order chi connectivity index (χ1) is 13.8. The number of aromatic nitrogens is 4. The van der Waals surface area contributed by atoms with Crippen LogP contribution >= 0.6 is 11.6 Å². The molecular formula is C23H39ClN4. The monoisotopic (exact) mass is 406 g/mol. The minimum atomic E-state index is 0.440. The molecular weight excluding hydrogens is 368 g/mol. The molecule has 0 saturated carbocycles. The van der Waals surface area contributed by atoms with Crippen molar-refractivity contribution >= 4 is 22.8 Å². The highest BCUT2D eigenvalue weighted by Crippen LogP contribution is 2.18. The normalized spacial score (nSPS) is 11.5. The molecule has 2 rings (SSSR count). The second-order valence-corrected chi connectivity index (χ2v) is 8.44. The average molecular weight is 407 g/mol. The fourth-order valence-corrected chi connectivity index (χ4v) is 4.02. The van der Waals surface area contributed by atoms with Crippen molar-refractivity contribution in [3.8, 4) is 0 Å². The van der Waals surface area contributed by atoms with Crippen molar-refractivity contribution < 1.29 is 0 Å². The second kappa shape index (κ2) is 14.8. The van der Waals surface area contributed by atoms with E-state index >= 15 is 0 Å². The van der Waals surface area contributed by atoms with Crippen molar-refractivity contribution in [2.75, 3.05) is 0 Å². The molecule has 0 atom stereocenters. The summed E-state index contributed by atoms with van der Waals surface area (Å²) in [5, 5.41) is 0.440. The molecule has 0 radical (unpaired) electrons. The first-order valence-corrected chi connectivity index (χ1v) is 12.0. The highest BCUT2D eigenvalue weighted by atomic mass is 35.5. The van der Waals surface area contributed by atoms with Crippen LogP contribution in [0.15, 0.2) is 12.7 Å². The molecule has 0 fully saturated rings. The van der Waals surface area contributed by atoms with Crippen LogP contribution in [0.1, 0.15) is 110 Å². The van der Waals surface area contributed by atoms with Gasteiger partial charge >= 0.3 is 0 Å². The quantitative estimate of drug-likeness (QED) is 0.199. The number of imidazole rings is 1. The van der Waals surface area contributed by atoms with E-state index in [1.807, 2.05) is 6.33 Å². The number of hydrogen-bond donors (Lipinski definition) is 0. The molecule has 158 valence electrons. The Morgan fingerprint density at radius 3 is 1.71 bits per heavy atom. The van der Waals surface area contributed by atoms with E-state index in [1.54, 1.807) is 0 Å². The summed E-state index contributed by atoms with van der Waals surface area (Å²) in [6, 6.07) is 0. The Bertz CT molecular complexity index is 641. The van der Waals surface area contributed by atoms with Gasteiger partial charge in [-0.15, -0.1) is 0 Å². The topological polar surface area (TPSA) is 43.6 Å². The van der Waals surface area contributed by atoms with Crippen LogP contribution in [0.3, 0.4) is 0 Å². The van der Waals surface area contributed by atoms with Crippen LogP contribution in [0, 0.1) is 0 Å². The Morgan fingerprint density at radius 2 is 1.18 bits per heavy atom. The van der Waals surface area contributed by atoms with Gasteiger partial charge < -0.3 is 4.57 Å². The first kappa shape index (κ1) is 23.1. The van der Waals surface area contributed by atoms with E-state index in [1.165, 1.54) is 109 Å². The zero-order valence-electron chi connectivity index (χ0n) is 17.8. The summed E-state index contributed by atoms with van der Waals surface area (Å²) >= 11 is 6.05. The van der Waals surface area contributed by atoms with E-state index in [4.69, 9.17) is 11.6 Å². The highest BCUT2D eigenvalue weighted by Gasteiger charge is 2.07. The van der Waals surface area contributed by atoms with Crippen molar-refractivity contribution in [1.82, 2.24) is 19.5 Å². The maximum atomic E-state index is 6.05. The molecule has 0 aliphatic carbocycles. The van der Waals surface area contributed by atoms with Crippen LogP contribution in [-0.2, 0) is 6.54 Å². The minimum Gasteiger partial charge on any atom is -0.315 e. The third kappa shape index (κ3) is 8.89. The first-order valence-electron chi connectivity index (χ1n) is 11.6. The lowest BCUT2D eigenvalue weighted by molar-refractivity contribution is 0.522. The summed E-state index contributed by atoms with van der Waals surface area (Å²) in [6.07, 6.45) is 25.6. The van der Waals surface area contributed by atoms with E-state index in [0.29, 0.717) is 10.7 Å². The Hall–Kier alpha value is -1.16. The zero-order valence-corrected chi connectivity index (χ0v) is 18.6. The molecule has 0 unspecified atom stereocenters. The van der Waals surface area contributed by atoms with Crippen molar-refractivity contribution in [3.63, 3.8) is 0 Å². The molecule has 0 N–H and O–H groups in total. The average Bonchev–Trinajstić information content (AvgIpc) is 3.12. The zero-order chi connectivity index (χ0) is 19.9. The fourth-order valence-electron chi connectivity index (χ4n) is 3.85. The standard InChI is InChI=1S/C23H39ClN4/c1-2-3-4-5-6-7-8-9-10-11-12-13-14-15-16-17-18-28-20-27-21-22(24)25-19-26-23(21)28/h19-20H,2-18H2,1H3. The number of nitrogens with zero attached hydrogens (tertiary/aromatic N) is 4. The summed E-state index contributed by atoms with van der Waals surface area (Å²) in [4.78, 5) is 12.6. The van der Waals surface area contributed by atoms with Crippen molar-refractivity contribution in [1.29, 1.82) is 0 Å². The second-order valence-electron chi connectivity index (χ2n) is 8.08. The third-order valence-electron chi connectivity index (χ3n) is 5.61. The van der Waals surface area contributed by atoms with E-state index in [2.05, 4.69) is 26.4 Å². The maximum absolute atomic E-state index is 6.05. The summed E-state index contributed by atoms with van der Waals surface area (Å²) in [5.41, 5.74) is 1.56. The molecule has 2 heterocycles. The molecule has 0 amide bonds. The van der Waals surface area contributed by atoms with Crippen LogP contribution in [0.5, 0.6) is 0 Å². The molecule has 28 heavy (non-hydrogen) atoms. The molecule has 0 bridgehead atoms. The molecule has 0 aliphatic rings. The maximum Gasteiger partial charge on any atom is 0.164 e. The Labute approximate surface area is 176 Å². The molecule has 4 nitrogen and oxygen atoms in total. The lowest BCUT2D eigenvalue weighted by Gasteiger charge is -2.05. The van der Waals surface area contributed by atoms with Gasteiger partial charge in [0, 0.05) is 6.54 Å². The van der Waals surface area contributed by atoms with Crippen LogP contribution < -0.4 is 0 Å². The summed E-state index contributed by atoms with van der Waals surface area (Å²) < 4.78 is 2.09. The molecule has 0 spiro atoms. The molecule has 0 aliphatic heterocycles. The van der Waals surface area contributed by atoms with Gasteiger partial charge in [-0.1, -0.05) is 115 Å². The van der Waals surface area contributed by atoms with Gasteiger partial charge in [-0.3, -0.25) is 0 Å².